The van der Waals surface area contributed by atoms with Crippen LogP contribution in [-0.2, 0) is 4.57 Å². The third-order valence-corrected chi connectivity index (χ3v) is 7.29. The number of hydrogen-bond acceptors (Lipinski definition) is 1. The Bertz CT molecular complexity index is 227. The minimum Gasteiger partial charge on any atom is -0.306 e. The maximum Gasteiger partial charge on any atom is 0.175 e. The Kier molecular flexibility index (Phi) is 3.82. The lowest BCUT2D eigenvalue weighted by Crippen LogP contribution is -2.02. The van der Waals surface area contributed by atoms with Crippen LogP contribution < -0.4 is 0 Å². The molecule has 0 radical (unpaired) electrons. The summed E-state index contributed by atoms with van der Waals surface area (Å²) in [7, 11) is 0. The fourth-order valence-corrected chi connectivity index (χ4v) is 5.48. The van der Waals surface area contributed by atoms with Crippen LogP contribution in [0.3, 0.4) is 0 Å². The summed E-state index contributed by atoms with van der Waals surface area (Å²) in [5.74, 6) is 0. The van der Waals surface area contributed by atoms with Gasteiger partial charge >= 0.3 is 0 Å². The van der Waals surface area contributed by atoms with Gasteiger partial charge in [0, 0.05) is 11.3 Å². The topological polar surface area (TPSA) is 17.1 Å². The van der Waals surface area contributed by atoms with Crippen LogP contribution in [0.2, 0.25) is 0 Å². The first-order valence-electron chi connectivity index (χ1n) is 4.63. The van der Waals surface area contributed by atoms with E-state index < -0.39 is 6.49 Å². The van der Waals surface area contributed by atoms with Crippen LogP contribution in [0.25, 0.3) is 0 Å². The van der Waals surface area contributed by atoms with E-state index >= 15 is 0 Å². The molecule has 1 saturated heterocycles. The molecule has 0 aliphatic carbocycles. The van der Waals surface area contributed by atoms with Gasteiger partial charge in [-0.3, -0.25) is 0 Å². The Morgan fingerprint density at radius 2 is 1.62 bits per heavy atom. The second kappa shape index (κ2) is 4.48. The minimum atomic E-state index is -2.47. The zero-order valence-electron chi connectivity index (χ0n) is 7.79. The van der Waals surface area contributed by atoms with E-state index in [2.05, 4.69) is 13.2 Å². The SMILES string of the molecule is C=CCC1CCC(CC=C)P1(=O)Cl. The molecular weight excluding hydrogens is 203 g/mol. The molecule has 1 fully saturated rings. The molecule has 0 aromatic rings. The van der Waals surface area contributed by atoms with Gasteiger partial charge in [-0.25, -0.2) is 0 Å². The standard InChI is InChI=1S/C10H16ClOP/c1-3-5-9-7-8-10(6-4-2)13(9,11)12/h3-4,9-10H,1-2,5-8H2. The number of rotatable bonds is 4. The third kappa shape index (κ3) is 2.27. The minimum absolute atomic E-state index is 0.164. The fraction of sp³-hybridized carbons (Fsp3) is 0.600. The summed E-state index contributed by atoms with van der Waals surface area (Å²) in [5, 5.41) is 0. The summed E-state index contributed by atoms with van der Waals surface area (Å²) < 4.78 is 12.1. The summed E-state index contributed by atoms with van der Waals surface area (Å²) in [5.41, 5.74) is 0.327. The molecule has 74 valence electrons. The van der Waals surface area contributed by atoms with E-state index in [1.165, 1.54) is 0 Å². The molecule has 1 aliphatic rings. The zero-order chi connectivity index (χ0) is 9.90. The smallest absolute Gasteiger partial charge is 0.175 e. The molecule has 0 saturated carbocycles. The van der Waals surface area contributed by atoms with Gasteiger partial charge in [-0.05, 0) is 25.7 Å². The van der Waals surface area contributed by atoms with Crippen LogP contribution in [-0.4, -0.2) is 11.3 Å². The summed E-state index contributed by atoms with van der Waals surface area (Å²) in [4.78, 5) is 0. The predicted molar refractivity (Wildman–Crippen MR) is 59.9 cm³/mol. The van der Waals surface area contributed by atoms with E-state index in [0.29, 0.717) is 0 Å². The maximum atomic E-state index is 12.1. The van der Waals surface area contributed by atoms with Crippen molar-refractivity contribution in [3.8, 4) is 0 Å². The lowest BCUT2D eigenvalue weighted by atomic mass is 10.1. The molecule has 0 spiro atoms. The maximum absolute atomic E-state index is 12.1. The van der Waals surface area contributed by atoms with Crippen molar-refractivity contribution in [1.82, 2.24) is 0 Å². The van der Waals surface area contributed by atoms with Crippen molar-refractivity contribution in [2.24, 2.45) is 0 Å². The highest BCUT2D eigenvalue weighted by atomic mass is 35.7. The van der Waals surface area contributed by atoms with Crippen LogP contribution in [0, 0.1) is 0 Å². The lowest BCUT2D eigenvalue weighted by molar-refractivity contribution is 0.575. The van der Waals surface area contributed by atoms with Crippen LogP contribution >= 0.6 is 17.7 Å². The molecule has 0 bridgehead atoms. The molecule has 1 heterocycles. The van der Waals surface area contributed by atoms with E-state index in [4.69, 9.17) is 11.2 Å². The molecule has 13 heavy (non-hydrogen) atoms. The normalized spacial score (nSPS) is 38.8. The Hall–Kier alpha value is -0.0000000000000000555. The molecule has 0 amide bonds. The van der Waals surface area contributed by atoms with Crippen molar-refractivity contribution in [3.05, 3.63) is 25.3 Å². The molecule has 0 aromatic carbocycles. The Morgan fingerprint density at radius 3 is 1.92 bits per heavy atom. The van der Waals surface area contributed by atoms with Gasteiger partial charge in [-0.2, -0.15) is 0 Å². The number of allylic oxidation sites excluding steroid dienone is 2. The van der Waals surface area contributed by atoms with E-state index in [-0.39, 0.29) is 11.3 Å². The van der Waals surface area contributed by atoms with Crippen molar-refractivity contribution in [2.45, 2.75) is 37.0 Å². The Morgan fingerprint density at radius 1 is 1.23 bits per heavy atom. The lowest BCUT2D eigenvalue weighted by Gasteiger charge is -2.17. The highest BCUT2D eigenvalue weighted by Crippen LogP contribution is 2.68. The van der Waals surface area contributed by atoms with Gasteiger partial charge in [0.05, 0.1) is 0 Å². The molecule has 1 aliphatic heterocycles. The largest absolute Gasteiger partial charge is 0.306 e. The van der Waals surface area contributed by atoms with Crippen molar-refractivity contribution in [3.63, 3.8) is 0 Å². The average Bonchev–Trinajstić information content (AvgIpc) is 2.33. The highest BCUT2D eigenvalue weighted by Gasteiger charge is 2.42. The zero-order valence-corrected chi connectivity index (χ0v) is 9.44. The summed E-state index contributed by atoms with van der Waals surface area (Å²) >= 11 is 6.12. The van der Waals surface area contributed by atoms with Gasteiger partial charge in [-0.15, -0.1) is 13.2 Å². The molecule has 3 heteroatoms. The molecular formula is C10H16ClOP. The van der Waals surface area contributed by atoms with E-state index in [0.717, 1.165) is 25.7 Å². The third-order valence-electron chi connectivity index (χ3n) is 2.71. The van der Waals surface area contributed by atoms with E-state index in [1.54, 1.807) is 0 Å². The summed E-state index contributed by atoms with van der Waals surface area (Å²) in [6.45, 7) is 4.85. The number of halogens is 1. The monoisotopic (exact) mass is 218 g/mol. The summed E-state index contributed by atoms with van der Waals surface area (Å²) in [6.07, 6.45) is 7.16. The van der Waals surface area contributed by atoms with Gasteiger partial charge in [-0.1, -0.05) is 23.4 Å². The Balaban J connectivity index is 2.70. The number of hydrogen-bond donors (Lipinski definition) is 0. The van der Waals surface area contributed by atoms with Gasteiger partial charge in [0.25, 0.3) is 0 Å². The first kappa shape index (κ1) is 11.1. The van der Waals surface area contributed by atoms with Crippen LogP contribution in [0.5, 0.6) is 0 Å². The molecule has 1 rings (SSSR count). The van der Waals surface area contributed by atoms with Crippen molar-refractivity contribution < 1.29 is 4.57 Å². The molecule has 2 atom stereocenters. The van der Waals surface area contributed by atoms with Crippen molar-refractivity contribution in [2.75, 3.05) is 0 Å². The van der Waals surface area contributed by atoms with Crippen LogP contribution in [0.1, 0.15) is 25.7 Å². The van der Waals surface area contributed by atoms with Crippen LogP contribution in [0.4, 0.5) is 0 Å². The Labute approximate surface area is 85.0 Å². The first-order chi connectivity index (χ1) is 6.12. The van der Waals surface area contributed by atoms with Gasteiger partial charge in [0.15, 0.2) is 6.49 Å². The first-order valence-corrected chi connectivity index (χ1v) is 7.38. The molecule has 0 aromatic heterocycles. The van der Waals surface area contributed by atoms with Gasteiger partial charge < -0.3 is 4.57 Å². The van der Waals surface area contributed by atoms with Crippen LogP contribution in [0.15, 0.2) is 25.3 Å². The molecule has 0 N–H and O–H groups in total. The van der Waals surface area contributed by atoms with Gasteiger partial charge in [0.1, 0.15) is 0 Å². The quantitative estimate of drug-likeness (QED) is 0.511. The second-order valence-electron chi connectivity index (χ2n) is 3.56. The summed E-state index contributed by atoms with van der Waals surface area (Å²) in [6, 6.07) is 0. The van der Waals surface area contributed by atoms with E-state index in [1.807, 2.05) is 12.2 Å². The molecule has 2 unspecified atom stereocenters. The van der Waals surface area contributed by atoms with E-state index in [9.17, 15) is 4.57 Å². The molecule has 1 nitrogen and oxygen atoms in total. The van der Waals surface area contributed by atoms with Gasteiger partial charge in [0.2, 0.25) is 0 Å². The highest BCUT2D eigenvalue weighted by molar-refractivity contribution is 7.90. The average molecular weight is 219 g/mol. The second-order valence-corrected chi connectivity index (χ2v) is 7.85. The van der Waals surface area contributed by atoms with Crippen molar-refractivity contribution in [1.29, 1.82) is 0 Å². The fourth-order valence-electron chi connectivity index (χ4n) is 1.94. The van der Waals surface area contributed by atoms with Crippen molar-refractivity contribution >= 4 is 17.7 Å². The predicted octanol–water partition coefficient (Wildman–Crippen LogP) is 4.19.